The third-order valence-corrected chi connectivity index (χ3v) is 6.47. The largest absolute Gasteiger partial charge is 0.497 e. The molecule has 1 amide bonds. The molecule has 0 spiro atoms. The van der Waals surface area contributed by atoms with Crippen LogP contribution in [0.15, 0.2) is 53.5 Å². The average molecular weight is 520 g/mol. The molecule has 9 heteroatoms. The summed E-state index contributed by atoms with van der Waals surface area (Å²) in [7, 11) is 6.74. The molecule has 0 aromatic heterocycles. The first kappa shape index (κ1) is 26.8. The number of anilines is 1. The predicted molar refractivity (Wildman–Crippen MR) is 149 cm³/mol. The van der Waals surface area contributed by atoms with E-state index in [2.05, 4.69) is 20.9 Å². The summed E-state index contributed by atoms with van der Waals surface area (Å²) >= 11 is 0. The Morgan fingerprint density at radius 2 is 1.79 bits per heavy atom. The Morgan fingerprint density at radius 1 is 1.05 bits per heavy atom. The summed E-state index contributed by atoms with van der Waals surface area (Å²) in [5.74, 6) is 1.59. The van der Waals surface area contributed by atoms with Crippen molar-refractivity contribution < 1.29 is 18.7 Å². The molecule has 3 aromatic carbocycles. The van der Waals surface area contributed by atoms with Crippen LogP contribution in [0.1, 0.15) is 27.0 Å². The maximum atomic E-state index is 13.9. The third kappa shape index (κ3) is 5.99. The monoisotopic (exact) mass is 519 g/mol. The molecular formula is C29H34FN5O3. The van der Waals surface area contributed by atoms with Crippen LogP contribution in [0, 0.1) is 12.7 Å². The lowest BCUT2D eigenvalue weighted by atomic mass is 9.93. The van der Waals surface area contributed by atoms with Gasteiger partial charge < -0.3 is 30.3 Å². The molecule has 3 N–H and O–H groups in total. The summed E-state index contributed by atoms with van der Waals surface area (Å²) < 4.78 is 24.7. The third-order valence-electron chi connectivity index (χ3n) is 6.47. The van der Waals surface area contributed by atoms with Gasteiger partial charge in [-0.2, -0.15) is 0 Å². The lowest BCUT2D eigenvalue weighted by Crippen LogP contribution is -2.33. The van der Waals surface area contributed by atoms with Gasteiger partial charge in [-0.25, -0.2) is 4.39 Å². The zero-order valence-electron chi connectivity index (χ0n) is 22.4. The number of aliphatic imine (C=N–C) groups is 1. The van der Waals surface area contributed by atoms with Gasteiger partial charge in [-0.15, -0.1) is 0 Å². The molecule has 0 aliphatic carbocycles. The van der Waals surface area contributed by atoms with Crippen molar-refractivity contribution in [1.82, 2.24) is 15.5 Å². The van der Waals surface area contributed by atoms with Crippen LogP contribution in [0.3, 0.4) is 0 Å². The molecule has 8 nitrogen and oxygen atoms in total. The molecule has 4 rings (SSSR count). The van der Waals surface area contributed by atoms with Gasteiger partial charge in [-0.05, 0) is 65.6 Å². The summed E-state index contributed by atoms with van der Waals surface area (Å²) in [6.07, 6.45) is 0. The van der Waals surface area contributed by atoms with Crippen molar-refractivity contribution in [1.29, 1.82) is 0 Å². The van der Waals surface area contributed by atoms with E-state index in [-0.39, 0.29) is 11.7 Å². The zero-order chi connectivity index (χ0) is 27.2. The minimum Gasteiger partial charge on any atom is -0.497 e. The zero-order valence-corrected chi connectivity index (χ0v) is 22.4. The lowest BCUT2D eigenvalue weighted by Gasteiger charge is -2.23. The van der Waals surface area contributed by atoms with Crippen molar-refractivity contribution in [3.63, 3.8) is 0 Å². The number of carbonyl (C=O) groups is 1. The average Bonchev–Trinajstić information content (AvgIpc) is 3.44. The fourth-order valence-corrected chi connectivity index (χ4v) is 4.59. The molecule has 1 aliphatic heterocycles. The van der Waals surface area contributed by atoms with Crippen LogP contribution in [0.4, 0.5) is 10.1 Å². The first-order valence-electron chi connectivity index (χ1n) is 12.4. The van der Waals surface area contributed by atoms with Crippen molar-refractivity contribution >= 4 is 17.6 Å². The van der Waals surface area contributed by atoms with Gasteiger partial charge in [0.2, 0.25) is 0 Å². The number of rotatable bonds is 9. The number of amides is 1. The van der Waals surface area contributed by atoms with Gasteiger partial charge >= 0.3 is 0 Å². The van der Waals surface area contributed by atoms with E-state index in [1.165, 1.54) is 12.1 Å². The van der Waals surface area contributed by atoms with E-state index < -0.39 is 0 Å². The van der Waals surface area contributed by atoms with Crippen LogP contribution in [0.5, 0.6) is 11.5 Å². The fraction of sp³-hybridized carbons (Fsp3) is 0.310. The van der Waals surface area contributed by atoms with Gasteiger partial charge in [0.25, 0.3) is 5.91 Å². The van der Waals surface area contributed by atoms with Gasteiger partial charge in [0.15, 0.2) is 5.96 Å². The molecule has 0 saturated heterocycles. The number of nitrogens with one attached hydrogen (secondary N) is 3. The first-order valence-corrected chi connectivity index (χ1v) is 12.4. The highest BCUT2D eigenvalue weighted by Gasteiger charge is 2.22. The molecule has 0 bridgehead atoms. The second kappa shape index (κ2) is 11.9. The fourth-order valence-electron chi connectivity index (χ4n) is 4.59. The Hall–Kier alpha value is -4.27. The highest BCUT2D eigenvalue weighted by Crippen LogP contribution is 2.35. The second-order valence-corrected chi connectivity index (χ2v) is 9.17. The summed E-state index contributed by atoms with van der Waals surface area (Å²) in [5, 5.41) is 9.73. The number of methoxy groups -OCH3 is 2. The van der Waals surface area contributed by atoms with Gasteiger partial charge in [-0.3, -0.25) is 9.79 Å². The molecule has 0 unspecified atom stereocenters. The summed E-state index contributed by atoms with van der Waals surface area (Å²) in [6, 6.07) is 14.2. The Bertz CT molecular complexity index is 1340. The van der Waals surface area contributed by atoms with Crippen molar-refractivity contribution in [2.75, 3.05) is 46.7 Å². The van der Waals surface area contributed by atoms with Crippen LogP contribution >= 0.6 is 0 Å². The SMILES string of the molecule is CNc1c(C(=O)N(C)Cc2cc(OC)cc(OC)c2)cc(CNC2=NCCN2)cc1-c1ccc(F)cc1C. The van der Waals surface area contributed by atoms with Crippen LogP contribution < -0.4 is 25.4 Å². The number of benzene rings is 3. The normalized spacial score (nSPS) is 12.4. The molecule has 38 heavy (non-hydrogen) atoms. The van der Waals surface area contributed by atoms with E-state index in [9.17, 15) is 9.18 Å². The topological polar surface area (TPSA) is 87.2 Å². The summed E-state index contributed by atoms with van der Waals surface area (Å²) in [6.45, 7) is 4.21. The van der Waals surface area contributed by atoms with E-state index in [0.717, 1.165) is 46.9 Å². The van der Waals surface area contributed by atoms with Crippen LogP contribution in [0.25, 0.3) is 11.1 Å². The number of halogens is 1. The number of guanidine groups is 1. The summed E-state index contributed by atoms with van der Waals surface area (Å²) in [4.78, 5) is 19.9. The van der Waals surface area contributed by atoms with Gasteiger partial charge in [0, 0.05) is 45.4 Å². The maximum Gasteiger partial charge on any atom is 0.256 e. The van der Waals surface area contributed by atoms with E-state index in [1.54, 1.807) is 45.3 Å². The Labute approximate surface area is 222 Å². The summed E-state index contributed by atoms with van der Waals surface area (Å²) in [5.41, 5.74) is 5.43. The molecular weight excluding hydrogens is 485 g/mol. The Morgan fingerprint density at radius 3 is 2.39 bits per heavy atom. The molecule has 1 aliphatic rings. The standard InChI is InChI=1S/C29H34FN5O3/c1-18-10-21(30)6-7-24(18)25-13-19(16-34-29-32-8-9-33-29)14-26(27(25)31-2)28(36)35(3)17-20-11-22(37-4)15-23(12-20)38-5/h6-7,10-15,31H,8-9,16-17H2,1-5H3,(H2,32,33,34). The minimum absolute atomic E-state index is 0.157. The van der Waals surface area contributed by atoms with Crippen LogP contribution in [-0.4, -0.2) is 58.2 Å². The molecule has 0 atom stereocenters. The molecule has 200 valence electrons. The number of hydrogen-bond acceptors (Lipinski definition) is 7. The quantitative estimate of drug-likeness (QED) is 0.393. The smallest absolute Gasteiger partial charge is 0.256 e. The van der Waals surface area contributed by atoms with E-state index in [4.69, 9.17) is 9.47 Å². The number of aryl methyl sites for hydroxylation is 1. The van der Waals surface area contributed by atoms with Gasteiger partial charge in [0.1, 0.15) is 17.3 Å². The van der Waals surface area contributed by atoms with Crippen molar-refractivity contribution in [3.8, 4) is 22.6 Å². The molecule has 1 heterocycles. The number of carbonyl (C=O) groups excluding carboxylic acids is 1. The van der Waals surface area contributed by atoms with Crippen LogP contribution in [0.2, 0.25) is 0 Å². The molecule has 3 aromatic rings. The lowest BCUT2D eigenvalue weighted by molar-refractivity contribution is 0.0785. The Balaban J connectivity index is 1.73. The Kier molecular flexibility index (Phi) is 8.35. The highest BCUT2D eigenvalue weighted by atomic mass is 19.1. The number of nitrogens with zero attached hydrogens (tertiary/aromatic N) is 2. The van der Waals surface area contributed by atoms with Crippen LogP contribution in [-0.2, 0) is 13.1 Å². The van der Waals surface area contributed by atoms with E-state index >= 15 is 0 Å². The minimum atomic E-state index is -0.301. The number of ether oxygens (including phenoxy) is 2. The van der Waals surface area contributed by atoms with E-state index in [0.29, 0.717) is 35.8 Å². The van der Waals surface area contributed by atoms with Crippen molar-refractivity contribution in [3.05, 3.63) is 76.6 Å². The van der Waals surface area contributed by atoms with Gasteiger partial charge in [0.05, 0.1) is 32.0 Å². The van der Waals surface area contributed by atoms with Crippen molar-refractivity contribution in [2.24, 2.45) is 4.99 Å². The van der Waals surface area contributed by atoms with E-state index in [1.807, 2.05) is 31.2 Å². The molecule has 0 fully saturated rings. The predicted octanol–water partition coefficient (Wildman–Crippen LogP) is 4.18. The highest BCUT2D eigenvalue weighted by molar-refractivity contribution is 6.03. The number of hydrogen-bond donors (Lipinski definition) is 3. The van der Waals surface area contributed by atoms with Gasteiger partial charge in [-0.1, -0.05) is 6.07 Å². The molecule has 0 saturated carbocycles. The van der Waals surface area contributed by atoms with Crippen molar-refractivity contribution in [2.45, 2.75) is 20.0 Å². The second-order valence-electron chi connectivity index (χ2n) is 9.17. The first-order chi connectivity index (χ1) is 18.3. The maximum absolute atomic E-state index is 13.9. The molecule has 0 radical (unpaired) electrons.